The number of nitrogens with zero attached hydrogens (tertiary/aromatic N) is 2. The highest BCUT2D eigenvalue weighted by molar-refractivity contribution is 14.1. The summed E-state index contributed by atoms with van der Waals surface area (Å²) in [6.07, 6.45) is 1.40. The number of amides is 2. The largest absolute Gasteiger partial charge is 0.493 e. The first kappa shape index (κ1) is 25.6. The normalized spacial score (nSPS) is 10.6. The number of non-ortho nitro benzene ring substituents is 1. The molecule has 0 unspecified atom stereocenters. The third-order valence-electron chi connectivity index (χ3n) is 4.63. The summed E-state index contributed by atoms with van der Waals surface area (Å²) in [5.74, 6) is -0.135. The number of ether oxygens (including phenoxy) is 2. The van der Waals surface area contributed by atoms with Crippen molar-refractivity contribution in [2.75, 3.05) is 19.0 Å². The molecule has 0 spiro atoms. The fraction of sp³-hybridized carbons (Fsp3) is 0.125. The summed E-state index contributed by atoms with van der Waals surface area (Å²) >= 11 is 2.04. The molecule has 0 aliphatic rings. The Bertz CT molecular complexity index is 1280. The number of anilines is 1. The summed E-state index contributed by atoms with van der Waals surface area (Å²) < 4.78 is 11.7. The van der Waals surface area contributed by atoms with Crippen LogP contribution in [-0.4, -0.2) is 36.7 Å². The fourth-order valence-electron chi connectivity index (χ4n) is 2.92. The van der Waals surface area contributed by atoms with E-state index in [1.54, 1.807) is 12.1 Å². The van der Waals surface area contributed by atoms with Crippen LogP contribution in [0.15, 0.2) is 65.8 Å². The third kappa shape index (κ3) is 7.24. The average Bonchev–Trinajstić information content (AvgIpc) is 2.84. The number of hydrogen-bond donors (Lipinski definition) is 2. The summed E-state index contributed by atoms with van der Waals surface area (Å²) in [6, 6.07) is 16.1. The van der Waals surface area contributed by atoms with Gasteiger partial charge in [0.1, 0.15) is 0 Å². The third-order valence-corrected chi connectivity index (χ3v) is 5.43. The van der Waals surface area contributed by atoms with Crippen LogP contribution in [0.3, 0.4) is 0 Å². The number of aryl methyl sites for hydroxylation is 1. The van der Waals surface area contributed by atoms with E-state index < -0.39 is 10.8 Å². The second-order valence-electron chi connectivity index (χ2n) is 7.24. The molecule has 2 amide bonds. The van der Waals surface area contributed by atoms with Gasteiger partial charge in [0.15, 0.2) is 18.1 Å². The maximum absolute atomic E-state index is 12.3. The van der Waals surface area contributed by atoms with Crippen molar-refractivity contribution in [3.8, 4) is 11.5 Å². The monoisotopic (exact) mass is 588 g/mol. The number of carbonyl (C=O) groups is 2. The van der Waals surface area contributed by atoms with E-state index in [1.807, 2.05) is 53.8 Å². The predicted molar refractivity (Wildman–Crippen MR) is 139 cm³/mol. The summed E-state index contributed by atoms with van der Waals surface area (Å²) in [5, 5.41) is 17.5. The lowest BCUT2D eigenvalue weighted by atomic mass is 10.2. The highest BCUT2D eigenvalue weighted by Crippen LogP contribution is 2.33. The molecule has 3 aromatic rings. The van der Waals surface area contributed by atoms with E-state index in [9.17, 15) is 19.7 Å². The standard InChI is InChI=1S/C24H21IN4O6/c1-15-6-8-18(9-7-15)27-22(30)14-35-23-20(25)10-16(11-21(23)34-2)13-26-28-24(31)17-4-3-5-19(12-17)29(32)33/h3-13H,14H2,1-2H3,(H,27,30)(H,28,31)/b26-13+. The molecule has 3 aromatic carbocycles. The summed E-state index contributed by atoms with van der Waals surface area (Å²) in [4.78, 5) is 34.8. The maximum atomic E-state index is 12.3. The van der Waals surface area contributed by atoms with Crippen LogP contribution in [0.5, 0.6) is 11.5 Å². The van der Waals surface area contributed by atoms with Crippen LogP contribution in [0.2, 0.25) is 0 Å². The smallest absolute Gasteiger partial charge is 0.271 e. The summed E-state index contributed by atoms with van der Waals surface area (Å²) in [5.41, 5.74) is 4.61. The second-order valence-corrected chi connectivity index (χ2v) is 8.41. The number of carbonyl (C=O) groups excluding carboxylic acids is 2. The van der Waals surface area contributed by atoms with E-state index in [1.165, 1.54) is 31.5 Å². The minimum Gasteiger partial charge on any atom is -0.493 e. The van der Waals surface area contributed by atoms with Gasteiger partial charge in [-0.1, -0.05) is 23.8 Å². The van der Waals surface area contributed by atoms with Gasteiger partial charge in [0, 0.05) is 23.4 Å². The zero-order chi connectivity index (χ0) is 25.4. The van der Waals surface area contributed by atoms with Crippen molar-refractivity contribution in [3.05, 3.63) is 91.0 Å². The number of methoxy groups -OCH3 is 1. The first-order valence-electron chi connectivity index (χ1n) is 10.2. The van der Waals surface area contributed by atoms with E-state index >= 15 is 0 Å². The molecule has 2 N–H and O–H groups in total. The average molecular weight is 588 g/mol. The number of nitro benzene ring substituents is 1. The second kappa shape index (κ2) is 11.9. The number of hydrazone groups is 1. The Hall–Kier alpha value is -4.00. The Balaban J connectivity index is 1.63. The number of benzene rings is 3. The topological polar surface area (TPSA) is 132 Å². The molecule has 180 valence electrons. The van der Waals surface area contributed by atoms with E-state index in [0.29, 0.717) is 26.3 Å². The van der Waals surface area contributed by atoms with Crippen molar-refractivity contribution < 1.29 is 24.0 Å². The zero-order valence-electron chi connectivity index (χ0n) is 18.8. The van der Waals surface area contributed by atoms with Crippen LogP contribution in [-0.2, 0) is 4.79 Å². The molecule has 10 nitrogen and oxygen atoms in total. The summed E-state index contributed by atoms with van der Waals surface area (Å²) in [7, 11) is 1.47. The van der Waals surface area contributed by atoms with Crippen LogP contribution in [0.1, 0.15) is 21.5 Å². The SMILES string of the molecule is COc1cc(/C=N/NC(=O)c2cccc([N+](=O)[O-])c2)cc(I)c1OCC(=O)Nc1ccc(C)cc1. The molecular formula is C24H21IN4O6. The predicted octanol–water partition coefficient (Wildman–Crippen LogP) is 4.30. The molecule has 11 heteroatoms. The van der Waals surface area contributed by atoms with Gasteiger partial charge in [-0.05, 0) is 65.4 Å². The van der Waals surface area contributed by atoms with E-state index in [-0.39, 0.29) is 23.8 Å². The molecule has 0 radical (unpaired) electrons. The number of nitrogens with one attached hydrogen (secondary N) is 2. The van der Waals surface area contributed by atoms with E-state index in [2.05, 4.69) is 15.8 Å². The fourth-order valence-corrected chi connectivity index (χ4v) is 3.70. The molecule has 3 rings (SSSR count). The Morgan fingerprint density at radius 3 is 2.57 bits per heavy atom. The first-order valence-corrected chi connectivity index (χ1v) is 11.3. The van der Waals surface area contributed by atoms with Crippen LogP contribution >= 0.6 is 22.6 Å². The molecule has 0 saturated heterocycles. The van der Waals surface area contributed by atoms with Gasteiger partial charge >= 0.3 is 0 Å². The molecule has 0 fully saturated rings. The molecule has 35 heavy (non-hydrogen) atoms. The number of rotatable bonds is 9. The molecule has 0 bridgehead atoms. The lowest BCUT2D eigenvalue weighted by Gasteiger charge is -2.13. The zero-order valence-corrected chi connectivity index (χ0v) is 20.9. The Labute approximate surface area is 214 Å². The van der Waals surface area contributed by atoms with Gasteiger partial charge in [-0.2, -0.15) is 5.10 Å². The molecule has 0 aliphatic heterocycles. The number of nitro groups is 1. The lowest BCUT2D eigenvalue weighted by molar-refractivity contribution is -0.384. The van der Waals surface area contributed by atoms with Gasteiger partial charge in [-0.3, -0.25) is 19.7 Å². The molecule has 0 heterocycles. The van der Waals surface area contributed by atoms with E-state index in [4.69, 9.17) is 9.47 Å². The Morgan fingerprint density at radius 2 is 1.89 bits per heavy atom. The van der Waals surface area contributed by atoms with Gasteiger partial charge in [-0.25, -0.2) is 5.43 Å². The van der Waals surface area contributed by atoms with Crippen molar-refractivity contribution in [1.29, 1.82) is 0 Å². The molecule has 0 aromatic heterocycles. The van der Waals surface area contributed by atoms with Crippen LogP contribution in [0.25, 0.3) is 0 Å². The van der Waals surface area contributed by atoms with Gasteiger partial charge in [0.05, 0.1) is 21.8 Å². The molecular weight excluding hydrogens is 567 g/mol. The van der Waals surface area contributed by atoms with Crippen molar-refractivity contribution >= 4 is 52.0 Å². The van der Waals surface area contributed by atoms with Crippen LogP contribution in [0, 0.1) is 20.6 Å². The van der Waals surface area contributed by atoms with Gasteiger partial charge in [0.2, 0.25) is 0 Å². The van der Waals surface area contributed by atoms with Crippen LogP contribution in [0.4, 0.5) is 11.4 Å². The minimum atomic E-state index is -0.592. The van der Waals surface area contributed by atoms with E-state index in [0.717, 1.165) is 11.6 Å². The number of hydrogen-bond acceptors (Lipinski definition) is 7. The quantitative estimate of drug-likeness (QED) is 0.166. The molecule has 0 aliphatic carbocycles. The Kier molecular flexibility index (Phi) is 8.73. The Morgan fingerprint density at radius 1 is 1.14 bits per heavy atom. The summed E-state index contributed by atoms with van der Waals surface area (Å²) in [6.45, 7) is 1.75. The van der Waals surface area contributed by atoms with Crippen molar-refractivity contribution in [1.82, 2.24) is 5.43 Å². The van der Waals surface area contributed by atoms with Crippen molar-refractivity contribution in [3.63, 3.8) is 0 Å². The van der Waals surface area contributed by atoms with Crippen molar-refractivity contribution in [2.45, 2.75) is 6.92 Å². The number of halogens is 1. The molecule has 0 saturated carbocycles. The van der Waals surface area contributed by atoms with Crippen LogP contribution < -0.4 is 20.2 Å². The molecule has 0 atom stereocenters. The first-order chi connectivity index (χ1) is 16.8. The van der Waals surface area contributed by atoms with Gasteiger partial charge in [0.25, 0.3) is 17.5 Å². The van der Waals surface area contributed by atoms with Gasteiger partial charge in [-0.15, -0.1) is 0 Å². The van der Waals surface area contributed by atoms with Crippen molar-refractivity contribution in [2.24, 2.45) is 5.10 Å². The maximum Gasteiger partial charge on any atom is 0.271 e. The lowest BCUT2D eigenvalue weighted by Crippen LogP contribution is -2.20. The van der Waals surface area contributed by atoms with Gasteiger partial charge < -0.3 is 14.8 Å². The minimum absolute atomic E-state index is 0.108. The highest BCUT2D eigenvalue weighted by Gasteiger charge is 2.14. The highest BCUT2D eigenvalue weighted by atomic mass is 127.